The second kappa shape index (κ2) is 10.8. The Balaban J connectivity index is 1.67. The minimum atomic E-state index is -0.740. The Morgan fingerprint density at radius 3 is 2.43 bits per heavy atom. The second-order valence-electron chi connectivity index (χ2n) is 8.17. The summed E-state index contributed by atoms with van der Waals surface area (Å²) in [5, 5.41) is 23.1. The number of carbonyl (C=O) groups is 1. The maximum atomic E-state index is 13.6. The van der Waals surface area contributed by atoms with Crippen molar-refractivity contribution in [3.63, 3.8) is 0 Å². The van der Waals surface area contributed by atoms with Gasteiger partial charge < -0.3 is 4.74 Å². The van der Waals surface area contributed by atoms with Gasteiger partial charge in [0.05, 0.1) is 44.9 Å². The lowest BCUT2D eigenvalue weighted by Crippen LogP contribution is -2.39. The minimum absolute atomic E-state index is 0.120. The molecule has 0 saturated carbocycles. The largest absolute Gasteiger partial charge is 0.379 e. The average molecular weight is 500 g/mol. The number of nitro groups is 2. The molecule has 1 aliphatic heterocycles. The van der Waals surface area contributed by atoms with Crippen molar-refractivity contribution in [2.24, 2.45) is 0 Å². The zero-order valence-electron chi connectivity index (χ0n) is 19.2. The van der Waals surface area contributed by atoms with Gasteiger partial charge >= 0.3 is 0 Å². The van der Waals surface area contributed by atoms with Crippen molar-refractivity contribution < 1.29 is 19.4 Å². The highest BCUT2D eigenvalue weighted by Gasteiger charge is 2.26. The SMILES string of the molecule is CCc1ccc2nc(N(CCCN3CCOCC3)C(=O)c3cc([N+](=O)[O-])cc([N+](=O)[O-])c3)sc2c1. The first-order valence-electron chi connectivity index (χ1n) is 11.3. The molecule has 184 valence electrons. The predicted molar refractivity (Wildman–Crippen MR) is 132 cm³/mol. The van der Waals surface area contributed by atoms with E-state index in [4.69, 9.17) is 4.74 Å². The van der Waals surface area contributed by atoms with Crippen LogP contribution in [0.5, 0.6) is 0 Å². The second-order valence-corrected chi connectivity index (χ2v) is 9.18. The Labute approximate surface area is 205 Å². The van der Waals surface area contributed by atoms with Crippen LogP contribution in [0.2, 0.25) is 0 Å². The number of nitro benzene ring substituents is 2. The van der Waals surface area contributed by atoms with Crippen LogP contribution in [0.15, 0.2) is 36.4 Å². The van der Waals surface area contributed by atoms with Crippen LogP contribution in [-0.2, 0) is 11.2 Å². The van der Waals surface area contributed by atoms with E-state index in [0.717, 1.165) is 60.0 Å². The van der Waals surface area contributed by atoms with Crippen LogP contribution in [0, 0.1) is 20.2 Å². The van der Waals surface area contributed by atoms with E-state index in [0.29, 0.717) is 31.3 Å². The summed E-state index contributed by atoms with van der Waals surface area (Å²) >= 11 is 1.36. The van der Waals surface area contributed by atoms with Gasteiger partial charge in [0, 0.05) is 38.3 Å². The lowest BCUT2D eigenvalue weighted by molar-refractivity contribution is -0.394. The molecule has 0 atom stereocenters. The highest BCUT2D eigenvalue weighted by molar-refractivity contribution is 7.22. The van der Waals surface area contributed by atoms with Crippen LogP contribution in [-0.4, -0.2) is 65.0 Å². The van der Waals surface area contributed by atoms with Crippen LogP contribution in [0.3, 0.4) is 0 Å². The summed E-state index contributed by atoms with van der Waals surface area (Å²) in [4.78, 5) is 43.2. The number of anilines is 1. The molecule has 12 heteroatoms. The summed E-state index contributed by atoms with van der Waals surface area (Å²) in [5.41, 5.74) is 0.761. The van der Waals surface area contributed by atoms with Gasteiger partial charge in [0.15, 0.2) is 5.13 Å². The molecule has 2 heterocycles. The average Bonchev–Trinajstić information content (AvgIpc) is 3.29. The fourth-order valence-electron chi connectivity index (χ4n) is 3.94. The summed E-state index contributed by atoms with van der Waals surface area (Å²) in [7, 11) is 0. The number of morpholine rings is 1. The van der Waals surface area contributed by atoms with E-state index in [1.807, 2.05) is 18.2 Å². The maximum Gasteiger partial charge on any atom is 0.277 e. The molecule has 0 unspecified atom stereocenters. The van der Waals surface area contributed by atoms with Crippen molar-refractivity contribution >= 4 is 44.0 Å². The van der Waals surface area contributed by atoms with Crippen LogP contribution in [0.1, 0.15) is 29.3 Å². The molecule has 2 aromatic carbocycles. The number of fused-ring (bicyclic) bond motifs is 1. The number of rotatable bonds is 9. The number of carbonyl (C=O) groups excluding carboxylic acids is 1. The third kappa shape index (κ3) is 5.78. The number of non-ortho nitro benzene ring substituents is 2. The molecular weight excluding hydrogens is 474 g/mol. The molecule has 3 aromatic rings. The van der Waals surface area contributed by atoms with Crippen molar-refractivity contribution in [2.45, 2.75) is 19.8 Å². The molecule has 1 aliphatic rings. The fourth-order valence-corrected chi connectivity index (χ4v) is 4.99. The fraction of sp³-hybridized carbons (Fsp3) is 0.391. The molecule has 1 aromatic heterocycles. The van der Waals surface area contributed by atoms with Gasteiger partial charge in [-0.3, -0.25) is 34.8 Å². The van der Waals surface area contributed by atoms with Crippen molar-refractivity contribution in [1.82, 2.24) is 9.88 Å². The van der Waals surface area contributed by atoms with Gasteiger partial charge in [0.2, 0.25) is 0 Å². The van der Waals surface area contributed by atoms with Gasteiger partial charge in [-0.1, -0.05) is 24.3 Å². The monoisotopic (exact) mass is 499 g/mol. The topological polar surface area (TPSA) is 132 Å². The van der Waals surface area contributed by atoms with E-state index in [-0.39, 0.29) is 5.56 Å². The molecule has 0 spiro atoms. The molecule has 0 radical (unpaired) electrons. The zero-order chi connectivity index (χ0) is 24.9. The van der Waals surface area contributed by atoms with Crippen LogP contribution < -0.4 is 4.90 Å². The summed E-state index contributed by atoms with van der Waals surface area (Å²) in [6, 6.07) is 8.93. The number of ether oxygens (including phenoxy) is 1. The number of benzene rings is 2. The lowest BCUT2D eigenvalue weighted by Gasteiger charge is -2.27. The molecule has 35 heavy (non-hydrogen) atoms. The van der Waals surface area contributed by atoms with Crippen LogP contribution in [0.25, 0.3) is 10.2 Å². The minimum Gasteiger partial charge on any atom is -0.379 e. The van der Waals surface area contributed by atoms with E-state index in [9.17, 15) is 25.0 Å². The van der Waals surface area contributed by atoms with Crippen molar-refractivity contribution in [2.75, 3.05) is 44.3 Å². The number of hydrogen-bond acceptors (Lipinski definition) is 9. The summed E-state index contributed by atoms with van der Waals surface area (Å²) in [6.45, 7) is 6.06. The molecule has 11 nitrogen and oxygen atoms in total. The summed E-state index contributed by atoms with van der Waals surface area (Å²) in [5.74, 6) is -0.562. The Hall–Kier alpha value is -3.48. The first kappa shape index (κ1) is 24.6. The number of aryl methyl sites for hydroxylation is 1. The summed E-state index contributed by atoms with van der Waals surface area (Å²) in [6.07, 6.45) is 1.50. The van der Waals surface area contributed by atoms with Gasteiger partial charge in [-0.05, 0) is 30.5 Å². The van der Waals surface area contributed by atoms with Crippen LogP contribution in [0.4, 0.5) is 16.5 Å². The molecule has 4 rings (SSSR count). The molecule has 0 bridgehead atoms. The number of amides is 1. The molecule has 1 saturated heterocycles. The van der Waals surface area contributed by atoms with E-state index >= 15 is 0 Å². The number of nitrogens with zero attached hydrogens (tertiary/aromatic N) is 5. The standard InChI is InChI=1S/C23H25N5O6S/c1-2-16-4-5-20-21(12-16)35-23(24-20)26(7-3-6-25-8-10-34-11-9-25)22(29)17-13-18(27(30)31)15-19(14-17)28(32)33/h4-5,12-15H,2-3,6-11H2,1H3. The van der Waals surface area contributed by atoms with E-state index < -0.39 is 27.1 Å². The molecule has 0 N–H and O–H groups in total. The highest BCUT2D eigenvalue weighted by Crippen LogP contribution is 2.32. The summed E-state index contributed by atoms with van der Waals surface area (Å²) < 4.78 is 6.31. The number of hydrogen-bond donors (Lipinski definition) is 0. The Morgan fingerprint density at radius 2 is 1.80 bits per heavy atom. The third-order valence-corrected chi connectivity index (χ3v) is 6.90. The van der Waals surface area contributed by atoms with Gasteiger partial charge in [-0.2, -0.15) is 0 Å². The quantitative estimate of drug-likeness (QED) is 0.318. The Kier molecular flexibility index (Phi) is 7.63. The number of aromatic nitrogens is 1. The van der Waals surface area contributed by atoms with Crippen LogP contribution >= 0.6 is 11.3 Å². The molecule has 1 fully saturated rings. The zero-order valence-corrected chi connectivity index (χ0v) is 20.0. The van der Waals surface area contributed by atoms with Crippen molar-refractivity contribution in [3.8, 4) is 0 Å². The highest BCUT2D eigenvalue weighted by atomic mass is 32.1. The lowest BCUT2D eigenvalue weighted by atomic mass is 10.1. The Bertz CT molecular complexity index is 1220. The first-order chi connectivity index (χ1) is 16.9. The maximum absolute atomic E-state index is 13.6. The molecular formula is C23H25N5O6S. The number of thiazole rings is 1. The smallest absolute Gasteiger partial charge is 0.277 e. The Morgan fingerprint density at radius 1 is 1.11 bits per heavy atom. The molecule has 0 aliphatic carbocycles. The van der Waals surface area contributed by atoms with Gasteiger partial charge in [0.1, 0.15) is 0 Å². The van der Waals surface area contributed by atoms with Crippen molar-refractivity contribution in [3.05, 3.63) is 67.8 Å². The van der Waals surface area contributed by atoms with Crippen molar-refractivity contribution in [1.29, 1.82) is 0 Å². The molecule has 1 amide bonds. The van der Waals surface area contributed by atoms with Gasteiger partial charge in [-0.25, -0.2) is 4.98 Å². The van der Waals surface area contributed by atoms with Gasteiger partial charge in [-0.15, -0.1) is 0 Å². The van der Waals surface area contributed by atoms with Gasteiger partial charge in [0.25, 0.3) is 17.3 Å². The first-order valence-corrected chi connectivity index (χ1v) is 12.1. The predicted octanol–water partition coefficient (Wildman–Crippen LogP) is 4.04. The third-order valence-electron chi connectivity index (χ3n) is 5.86. The normalized spacial score (nSPS) is 14.2. The van der Waals surface area contributed by atoms with E-state index in [2.05, 4.69) is 16.8 Å². The van der Waals surface area contributed by atoms with E-state index in [1.165, 1.54) is 16.2 Å². The van der Waals surface area contributed by atoms with E-state index in [1.54, 1.807) is 0 Å².